The summed E-state index contributed by atoms with van der Waals surface area (Å²) in [6.45, 7) is 4.42. The van der Waals surface area contributed by atoms with Crippen LogP contribution in [0.25, 0.3) is 0 Å². The largest absolute Gasteiger partial charge is 0.480 e. The number of aliphatic hydroxyl groups excluding tert-OH is 2. The van der Waals surface area contributed by atoms with E-state index in [4.69, 9.17) is 5.73 Å². The number of aliphatic hydroxyl groups is 2. The number of carboxylic acids is 1. The van der Waals surface area contributed by atoms with Crippen LogP contribution in [0.4, 0.5) is 0 Å². The monoisotopic (exact) mass is 646 g/mol. The molecule has 1 aromatic rings. The maximum atomic E-state index is 13.8. The highest BCUT2D eigenvalue weighted by atomic mass is 16.4. The van der Waals surface area contributed by atoms with Gasteiger partial charge in [-0.1, -0.05) is 44.2 Å². The van der Waals surface area contributed by atoms with Gasteiger partial charge in [0.05, 0.1) is 18.8 Å². The summed E-state index contributed by atoms with van der Waals surface area (Å²) in [5.74, 6) is -4.82. The van der Waals surface area contributed by atoms with E-state index in [0.29, 0.717) is 12.8 Å². The SMILES string of the molecule is CC(C)[C@H](N)C(=O)N[C@@H](Cc1ccccc1)C(=O)N[C@H](C(=O)N1CCC[C@H]1C(=O)N1CCC[C@H]1C(=O)N[C@@H](CO)C(=O)O)[C@@H](C)O. The second kappa shape index (κ2) is 16.5. The van der Waals surface area contributed by atoms with Gasteiger partial charge in [-0.05, 0) is 44.1 Å². The summed E-state index contributed by atoms with van der Waals surface area (Å²) in [6, 6.07) is 1.99. The minimum absolute atomic E-state index is 0.0895. The fraction of sp³-hybridized carbons (Fsp3) is 0.613. The van der Waals surface area contributed by atoms with Crippen molar-refractivity contribution in [2.75, 3.05) is 19.7 Å². The second-order valence-electron chi connectivity index (χ2n) is 12.2. The van der Waals surface area contributed by atoms with Gasteiger partial charge in [0.1, 0.15) is 30.2 Å². The number of aliphatic carboxylic acids is 1. The molecule has 2 saturated heterocycles. The lowest BCUT2D eigenvalue weighted by Crippen LogP contribution is -2.61. The molecule has 2 heterocycles. The summed E-state index contributed by atoms with van der Waals surface area (Å²) in [6.07, 6.45) is 0.213. The van der Waals surface area contributed by atoms with Crippen LogP contribution >= 0.6 is 0 Å². The van der Waals surface area contributed by atoms with Gasteiger partial charge >= 0.3 is 5.97 Å². The van der Waals surface area contributed by atoms with Gasteiger partial charge in [-0.3, -0.25) is 24.0 Å². The van der Waals surface area contributed by atoms with Crippen molar-refractivity contribution in [3.05, 3.63) is 35.9 Å². The van der Waals surface area contributed by atoms with Crippen LogP contribution < -0.4 is 21.7 Å². The molecule has 2 aliphatic heterocycles. The van der Waals surface area contributed by atoms with Crippen molar-refractivity contribution >= 4 is 35.5 Å². The maximum Gasteiger partial charge on any atom is 0.328 e. The Labute approximate surface area is 267 Å². The van der Waals surface area contributed by atoms with Gasteiger partial charge < -0.3 is 46.8 Å². The maximum absolute atomic E-state index is 13.8. The highest BCUT2D eigenvalue weighted by molar-refractivity contribution is 5.97. The molecule has 0 bridgehead atoms. The Balaban J connectivity index is 1.77. The zero-order chi connectivity index (χ0) is 34.1. The molecule has 2 aliphatic rings. The van der Waals surface area contributed by atoms with Crippen molar-refractivity contribution in [2.24, 2.45) is 11.7 Å². The van der Waals surface area contributed by atoms with E-state index in [9.17, 15) is 44.1 Å². The van der Waals surface area contributed by atoms with E-state index in [1.165, 1.54) is 16.7 Å². The number of carboxylic acid groups (broad SMARTS) is 1. The Morgan fingerprint density at radius 2 is 1.48 bits per heavy atom. The van der Waals surface area contributed by atoms with Gasteiger partial charge in [-0.2, -0.15) is 0 Å². The number of nitrogens with two attached hydrogens (primary N) is 1. The molecule has 2 fully saturated rings. The van der Waals surface area contributed by atoms with Crippen LogP contribution in [0.5, 0.6) is 0 Å². The highest BCUT2D eigenvalue weighted by Crippen LogP contribution is 2.26. The average Bonchev–Trinajstić information content (AvgIpc) is 3.72. The second-order valence-corrected chi connectivity index (χ2v) is 12.2. The lowest BCUT2D eigenvalue weighted by molar-refractivity contribution is -0.150. The van der Waals surface area contributed by atoms with Crippen LogP contribution in [0.2, 0.25) is 0 Å². The number of nitrogens with zero attached hydrogens (tertiary/aromatic N) is 2. The molecule has 0 saturated carbocycles. The van der Waals surface area contributed by atoms with Gasteiger partial charge in [-0.15, -0.1) is 0 Å². The summed E-state index contributed by atoms with van der Waals surface area (Å²) < 4.78 is 0. The Bertz CT molecular complexity index is 1260. The van der Waals surface area contributed by atoms with Crippen LogP contribution in [-0.2, 0) is 35.2 Å². The quantitative estimate of drug-likeness (QED) is 0.119. The van der Waals surface area contributed by atoms with Gasteiger partial charge in [0.25, 0.3) is 0 Å². The Morgan fingerprint density at radius 1 is 0.870 bits per heavy atom. The first-order valence-electron chi connectivity index (χ1n) is 15.6. The molecule has 3 rings (SSSR count). The summed E-state index contributed by atoms with van der Waals surface area (Å²) in [7, 11) is 0. The van der Waals surface area contributed by atoms with E-state index >= 15 is 0 Å². The Hall–Kier alpha value is -4.08. The first-order chi connectivity index (χ1) is 21.8. The van der Waals surface area contributed by atoms with Crippen LogP contribution in [-0.4, -0.2) is 123 Å². The molecule has 15 heteroatoms. The van der Waals surface area contributed by atoms with Crippen molar-refractivity contribution in [1.82, 2.24) is 25.8 Å². The zero-order valence-corrected chi connectivity index (χ0v) is 26.4. The van der Waals surface area contributed by atoms with E-state index in [0.717, 1.165) is 5.56 Å². The van der Waals surface area contributed by atoms with Crippen LogP contribution in [0.1, 0.15) is 52.0 Å². The van der Waals surface area contributed by atoms with E-state index in [-0.39, 0.29) is 38.3 Å². The number of hydrogen-bond donors (Lipinski definition) is 7. The molecule has 8 N–H and O–H groups in total. The molecular formula is C31H46N6O9. The van der Waals surface area contributed by atoms with Crippen molar-refractivity contribution in [3.8, 4) is 0 Å². The molecule has 0 radical (unpaired) electrons. The fourth-order valence-electron chi connectivity index (χ4n) is 5.69. The molecule has 46 heavy (non-hydrogen) atoms. The van der Waals surface area contributed by atoms with Crippen molar-refractivity contribution in [2.45, 2.75) is 95.2 Å². The summed E-state index contributed by atoms with van der Waals surface area (Å²) in [5.41, 5.74) is 6.75. The molecule has 0 aromatic heterocycles. The van der Waals surface area contributed by atoms with Crippen molar-refractivity contribution in [1.29, 1.82) is 0 Å². The third kappa shape index (κ3) is 9.01. The number of rotatable bonds is 14. The Kier molecular flexibility index (Phi) is 13.0. The highest BCUT2D eigenvalue weighted by Gasteiger charge is 2.45. The minimum Gasteiger partial charge on any atom is -0.480 e. The average molecular weight is 647 g/mol. The number of carbonyl (C=O) groups is 6. The van der Waals surface area contributed by atoms with Gasteiger partial charge in [0.15, 0.2) is 0 Å². The van der Waals surface area contributed by atoms with Gasteiger partial charge in [0.2, 0.25) is 29.5 Å². The molecule has 0 spiro atoms. The van der Waals surface area contributed by atoms with Crippen molar-refractivity contribution < 1.29 is 44.1 Å². The lowest BCUT2D eigenvalue weighted by Gasteiger charge is -2.34. The number of benzene rings is 1. The third-order valence-corrected chi connectivity index (χ3v) is 8.44. The molecule has 0 aliphatic carbocycles. The fourth-order valence-corrected chi connectivity index (χ4v) is 5.69. The number of likely N-dealkylation sites (tertiary alicyclic amines) is 2. The summed E-state index contributed by atoms with van der Waals surface area (Å²) >= 11 is 0. The topological polar surface area (TPSA) is 232 Å². The zero-order valence-electron chi connectivity index (χ0n) is 26.4. The molecule has 254 valence electrons. The standard InChI is InChI=1S/C31H46N6O9/c1-17(2)24(32)28(42)33-20(15-19-9-5-4-6-10-19)26(40)35-25(18(3)39)30(44)37-14-8-12-23(37)29(43)36-13-7-11-22(36)27(41)34-21(16-38)31(45)46/h4-6,9-10,17-18,20-25,38-39H,7-8,11-16,32H2,1-3H3,(H,33,42)(H,34,41)(H,35,40)(H,45,46)/t18-,20+,21+,22+,23+,24+,25+/m1/s1. The normalized spacial score (nSPS) is 21.2. The predicted molar refractivity (Wildman–Crippen MR) is 165 cm³/mol. The van der Waals surface area contributed by atoms with E-state index in [1.54, 1.807) is 44.2 Å². The predicted octanol–water partition coefficient (Wildman–Crippen LogP) is -1.89. The molecule has 7 atom stereocenters. The van der Waals surface area contributed by atoms with E-state index < -0.39 is 84.5 Å². The molecule has 5 amide bonds. The smallest absolute Gasteiger partial charge is 0.328 e. The van der Waals surface area contributed by atoms with Crippen LogP contribution in [0.15, 0.2) is 30.3 Å². The number of hydrogen-bond acceptors (Lipinski definition) is 9. The van der Waals surface area contributed by atoms with Crippen LogP contribution in [0, 0.1) is 5.92 Å². The lowest BCUT2D eigenvalue weighted by atomic mass is 10.0. The van der Waals surface area contributed by atoms with E-state index in [1.807, 2.05) is 0 Å². The van der Waals surface area contributed by atoms with Gasteiger partial charge in [0, 0.05) is 19.5 Å². The van der Waals surface area contributed by atoms with E-state index in [2.05, 4.69) is 16.0 Å². The number of carbonyl (C=O) groups excluding carboxylic acids is 5. The summed E-state index contributed by atoms with van der Waals surface area (Å²) in [5, 5.41) is 36.6. The van der Waals surface area contributed by atoms with Crippen LogP contribution in [0.3, 0.4) is 0 Å². The first kappa shape index (κ1) is 36.4. The van der Waals surface area contributed by atoms with Gasteiger partial charge in [-0.25, -0.2) is 4.79 Å². The Morgan fingerprint density at radius 3 is 2.04 bits per heavy atom. The molecule has 15 nitrogen and oxygen atoms in total. The molecule has 1 aromatic carbocycles. The van der Waals surface area contributed by atoms with Crippen molar-refractivity contribution in [3.63, 3.8) is 0 Å². The number of nitrogens with one attached hydrogen (secondary N) is 3. The number of amides is 5. The molecular weight excluding hydrogens is 600 g/mol. The first-order valence-corrected chi connectivity index (χ1v) is 15.6. The third-order valence-electron chi connectivity index (χ3n) is 8.44. The molecule has 0 unspecified atom stereocenters. The summed E-state index contributed by atoms with van der Waals surface area (Å²) in [4.78, 5) is 80.7. The minimum atomic E-state index is -1.53.